The van der Waals surface area contributed by atoms with Gasteiger partial charge in [-0.3, -0.25) is 0 Å². The van der Waals surface area contributed by atoms with Crippen LogP contribution in [0.25, 0.3) is 0 Å². The molecule has 0 unspecified atom stereocenters. The molecule has 7 nitrogen and oxygen atoms in total. The molecule has 2 amide bonds. The fraction of sp³-hybridized carbons (Fsp3) is 0.833. The Morgan fingerprint density at radius 1 is 1.20 bits per heavy atom. The molecule has 118 valence electrons. The zero-order valence-electron chi connectivity index (χ0n) is 12.8. The number of aliphatic carboxylic acids is 1. The minimum Gasteiger partial charge on any atom is -0.480 e. The molecule has 2 N–H and O–H groups in total. The van der Waals surface area contributed by atoms with Gasteiger partial charge >= 0.3 is 12.0 Å². The fourth-order valence-electron chi connectivity index (χ4n) is 1.42. The van der Waals surface area contributed by atoms with Gasteiger partial charge in [-0.15, -0.1) is 0 Å². The molecule has 0 aromatic heterocycles. The SMILES string of the molecule is CCN(C(=O)NCC(C)(C)S(C)(=O)=O)C(C)(C)C(=O)O. The first-order valence-corrected chi connectivity index (χ1v) is 8.15. The monoisotopic (exact) mass is 308 g/mol. The second-order valence-corrected chi connectivity index (χ2v) is 8.45. The van der Waals surface area contributed by atoms with Gasteiger partial charge in [0.25, 0.3) is 0 Å². The first kappa shape index (κ1) is 18.7. The van der Waals surface area contributed by atoms with Crippen LogP contribution < -0.4 is 5.32 Å². The van der Waals surface area contributed by atoms with Gasteiger partial charge in [0, 0.05) is 19.3 Å². The van der Waals surface area contributed by atoms with Crippen molar-refractivity contribution in [3.63, 3.8) is 0 Å². The zero-order chi connectivity index (χ0) is 16.4. The fourth-order valence-corrected chi connectivity index (χ4v) is 1.76. The Labute approximate surface area is 120 Å². The molecule has 8 heteroatoms. The van der Waals surface area contributed by atoms with Gasteiger partial charge in [-0.2, -0.15) is 0 Å². The standard InChI is InChI=1S/C12H24N2O5S/c1-7-14(12(4,5)9(15)16)10(17)13-8-11(2,3)20(6,18)19/h7-8H2,1-6H3,(H,13,17)(H,15,16). The largest absolute Gasteiger partial charge is 0.480 e. The number of hydrogen-bond acceptors (Lipinski definition) is 4. The number of carboxylic acids is 1. The number of nitrogens with one attached hydrogen (secondary N) is 1. The van der Waals surface area contributed by atoms with E-state index in [0.717, 1.165) is 11.2 Å². The lowest BCUT2D eigenvalue weighted by Crippen LogP contribution is -2.57. The number of sulfone groups is 1. The van der Waals surface area contributed by atoms with Gasteiger partial charge in [0.05, 0.1) is 4.75 Å². The lowest BCUT2D eigenvalue weighted by atomic mass is 10.0. The van der Waals surface area contributed by atoms with E-state index in [1.54, 1.807) is 6.92 Å². The Bertz CT molecular complexity index is 482. The molecular weight excluding hydrogens is 284 g/mol. The van der Waals surface area contributed by atoms with E-state index in [-0.39, 0.29) is 13.1 Å². The molecule has 0 heterocycles. The summed E-state index contributed by atoms with van der Waals surface area (Å²) in [6.07, 6.45) is 1.10. The number of carbonyl (C=O) groups is 2. The molecule has 0 saturated heterocycles. The van der Waals surface area contributed by atoms with Crippen molar-refractivity contribution in [2.45, 2.75) is 44.9 Å². The Balaban J connectivity index is 4.98. The van der Waals surface area contributed by atoms with Crippen LogP contribution >= 0.6 is 0 Å². The van der Waals surface area contributed by atoms with Gasteiger partial charge in [-0.05, 0) is 34.6 Å². The molecule has 0 aliphatic heterocycles. The van der Waals surface area contributed by atoms with Crippen molar-refractivity contribution in [2.24, 2.45) is 0 Å². The molecule has 0 fully saturated rings. The molecule has 0 radical (unpaired) electrons. The van der Waals surface area contributed by atoms with E-state index in [1.807, 2.05) is 0 Å². The van der Waals surface area contributed by atoms with E-state index in [1.165, 1.54) is 27.7 Å². The summed E-state index contributed by atoms with van der Waals surface area (Å²) in [6.45, 7) is 7.61. The summed E-state index contributed by atoms with van der Waals surface area (Å²) < 4.78 is 22.0. The van der Waals surface area contributed by atoms with E-state index in [2.05, 4.69) is 5.32 Å². The summed E-state index contributed by atoms with van der Waals surface area (Å²) in [5.41, 5.74) is -1.37. The second kappa shape index (κ2) is 5.99. The van der Waals surface area contributed by atoms with Crippen LogP contribution in [0.3, 0.4) is 0 Å². The zero-order valence-corrected chi connectivity index (χ0v) is 13.7. The Morgan fingerprint density at radius 2 is 1.65 bits per heavy atom. The maximum atomic E-state index is 12.1. The summed E-state index contributed by atoms with van der Waals surface area (Å²) >= 11 is 0. The van der Waals surface area contributed by atoms with Crippen molar-refractivity contribution in [1.82, 2.24) is 10.2 Å². The lowest BCUT2D eigenvalue weighted by molar-refractivity contribution is -0.147. The van der Waals surface area contributed by atoms with Crippen molar-refractivity contribution in [1.29, 1.82) is 0 Å². The molecule has 0 atom stereocenters. The van der Waals surface area contributed by atoms with Crippen molar-refractivity contribution in [2.75, 3.05) is 19.3 Å². The van der Waals surface area contributed by atoms with Crippen LogP contribution in [0.15, 0.2) is 0 Å². The summed E-state index contributed by atoms with van der Waals surface area (Å²) in [4.78, 5) is 24.4. The maximum Gasteiger partial charge on any atom is 0.329 e. The van der Waals surface area contributed by atoms with Crippen LogP contribution in [0.1, 0.15) is 34.6 Å². The summed E-state index contributed by atoms with van der Waals surface area (Å²) in [6, 6.07) is -0.600. The Hall–Kier alpha value is -1.31. The van der Waals surface area contributed by atoms with E-state index in [9.17, 15) is 18.0 Å². The number of hydrogen-bond donors (Lipinski definition) is 2. The smallest absolute Gasteiger partial charge is 0.329 e. The highest BCUT2D eigenvalue weighted by Gasteiger charge is 2.38. The normalized spacial score (nSPS) is 12.9. The molecule has 0 rings (SSSR count). The first-order valence-electron chi connectivity index (χ1n) is 6.26. The van der Waals surface area contributed by atoms with Gasteiger partial charge in [-0.25, -0.2) is 18.0 Å². The van der Waals surface area contributed by atoms with Gasteiger partial charge in [0.15, 0.2) is 9.84 Å². The number of nitrogens with zero attached hydrogens (tertiary/aromatic N) is 1. The minimum atomic E-state index is -3.33. The first-order chi connectivity index (χ1) is 8.77. The number of carbonyl (C=O) groups excluding carboxylic acids is 1. The minimum absolute atomic E-state index is 0.0864. The molecule has 0 aliphatic rings. The average molecular weight is 308 g/mol. The Morgan fingerprint density at radius 3 is 1.95 bits per heavy atom. The topological polar surface area (TPSA) is 104 Å². The van der Waals surface area contributed by atoms with Crippen molar-refractivity contribution in [3.05, 3.63) is 0 Å². The third kappa shape index (κ3) is 4.09. The predicted octanol–water partition coefficient (Wildman–Crippen LogP) is 0.704. The molecule has 0 bridgehead atoms. The molecule has 0 aromatic carbocycles. The molecule has 20 heavy (non-hydrogen) atoms. The lowest BCUT2D eigenvalue weighted by Gasteiger charge is -2.35. The van der Waals surface area contributed by atoms with Gasteiger partial charge < -0.3 is 15.3 Å². The highest BCUT2D eigenvalue weighted by molar-refractivity contribution is 7.92. The van der Waals surface area contributed by atoms with E-state index in [0.29, 0.717) is 0 Å². The van der Waals surface area contributed by atoms with Crippen LogP contribution in [0.5, 0.6) is 0 Å². The second-order valence-electron chi connectivity index (χ2n) is 5.80. The molecular formula is C12H24N2O5S. The third-order valence-corrected chi connectivity index (χ3v) is 5.58. The number of likely N-dealkylation sites (N-methyl/N-ethyl adjacent to an activating group) is 1. The van der Waals surface area contributed by atoms with Gasteiger partial charge in [0.2, 0.25) is 0 Å². The quantitative estimate of drug-likeness (QED) is 0.752. The number of amides is 2. The van der Waals surface area contributed by atoms with Crippen molar-refractivity contribution < 1.29 is 23.1 Å². The van der Waals surface area contributed by atoms with E-state index >= 15 is 0 Å². The van der Waals surface area contributed by atoms with E-state index in [4.69, 9.17) is 5.11 Å². The van der Waals surface area contributed by atoms with Crippen LogP contribution in [0.4, 0.5) is 4.79 Å². The van der Waals surface area contributed by atoms with Gasteiger partial charge in [-0.1, -0.05) is 0 Å². The number of carboxylic acid groups (broad SMARTS) is 1. The van der Waals surface area contributed by atoms with Crippen LogP contribution in [0.2, 0.25) is 0 Å². The third-order valence-electron chi connectivity index (χ3n) is 3.43. The molecule has 0 spiro atoms. The Kier molecular flexibility index (Phi) is 5.59. The number of urea groups is 1. The van der Waals surface area contributed by atoms with Crippen LogP contribution in [-0.4, -0.2) is 60.1 Å². The van der Waals surface area contributed by atoms with Crippen molar-refractivity contribution in [3.8, 4) is 0 Å². The van der Waals surface area contributed by atoms with Gasteiger partial charge in [0.1, 0.15) is 5.54 Å². The van der Waals surface area contributed by atoms with Crippen LogP contribution in [0, 0.1) is 0 Å². The maximum absolute atomic E-state index is 12.1. The average Bonchev–Trinajstić information content (AvgIpc) is 2.25. The van der Waals surface area contributed by atoms with Crippen LogP contribution in [-0.2, 0) is 14.6 Å². The van der Waals surface area contributed by atoms with Crippen molar-refractivity contribution >= 4 is 21.8 Å². The van der Waals surface area contributed by atoms with E-state index < -0.39 is 32.1 Å². The highest BCUT2D eigenvalue weighted by atomic mass is 32.2. The molecule has 0 aliphatic carbocycles. The predicted molar refractivity (Wildman–Crippen MR) is 76.4 cm³/mol. The molecule has 0 saturated carbocycles. The molecule has 0 aromatic rings. The number of rotatable bonds is 6. The summed E-state index contributed by atoms with van der Waals surface area (Å²) in [5, 5.41) is 11.6. The highest BCUT2D eigenvalue weighted by Crippen LogP contribution is 2.16. The summed E-state index contributed by atoms with van der Waals surface area (Å²) in [5.74, 6) is -1.13. The summed E-state index contributed by atoms with van der Waals surface area (Å²) in [7, 11) is -3.33.